The van der Waals surface area contributed by atoms with Crippen molar-refractivity contribution in [3.63, 3.8) is 0 Å². The van der Waals surface area contributed by atoms with Gasteiger partial charge in [-0.1, -0.05) is 6.42 Å². The van der Waals surface area contributed by atoms with E-state index in [-0.39, 0.29) is 0 Å². The van der Waals surface area contributed by atoms with Crippen LogP contribution < -0.4 is 0 Å². The van der Waals surface area contributed by atoms with Crippen molar-refractivity contribution in [2.24, 2.45) is 0 Å². The minimum atomic E-state index is -0.691. The van der Waals surface area contributed by atoms with E-state index in [0.29, 0.717) is 6.42 Å². The fourth-order valence-corrected chi connectivity index (χ4v) is 1.77. The number of hydrogen-bond donors (Lipinski definition) is 1. The van der Waals surface area contributed by atoms with E-state index in [1.165, 1.54) is 11.4 Å². The summed E-state index contributed by atoms with van der Waals surface area (Å²) in [5.41, 5.74) is 2.57. The Hall–Kier alpha value is -1.25. The van der Waals surface area contributed by atoms with Gasteiger partial charge >= 0.3 is 5.97 Å². The number of nitrogens with zero attached hydrogens (tertiary/aromatic N) is 1. The topological polar surface area (TPSA) is 42.2 Å². The lowest BCUT2D eigenvalue weighted by Crippen LogP contribution is -2.02. The number of carboxylic acids is 1. The second-order valence-electron chi connectivity index (χ2n) is 3.97. The molecule has 1 aromatic heterocycles. The van der Waals surface area contributed by atoms with Gasteiger partial charge in [0.05, 0.1) is 0 Å². The van der Waals surface area contributed by atoms with Crippen molar-refractivity contribution in [3.8, 4) is 0 Å². The molecule has 1 N–H and O–H groups in total. The highest BCUT2D eigenvalue weighted by Gasteiger charge is 2.01. The normalized spacial score (nSPS) is 10.5. The van der Waals surface area contributed by atoms with Gasteiger partial charge < -0.3 is 9.67 Å². The molecule has 1 heterocycles. The Morgan fingerprint density at radius 2 is 1.80 bits per heavy atom. The molecule has 0 bridgehead atoms. The van der Waals surface area contributed by atoms with Gasteiger partial charge in [-0.3, -0.25) is 4.79 Å². The number of carbonyl (C=O) groups is 1. The second kappa shape index (κ2) is 5.59. The molecule has 0 spiro atoms. The first-order chi connectivity index (χ1) is 7.11. The smallest absolute Gasteiger partial charge is 0.303 e. The summed E-state index contributed by atoms with van der Waals surface area (Å²) >= 11 is 0. The van der Waals surface area contributed by atoms with E-state index >= 15 is 0 Å². The second-order valence-corrected chi connectivity index (χ2v) is 3.97. The maximum absolute atomic E-state index is 10.3. The lowest BCUT2D eigenvalue weighted by molar-refractivity contribution is -0.137. The van der Waals surface area contributed by atoms with E-state index in [4.69, 9.17) is 5.11 Å². The lowest BCUT2D eigenvalue weighted by Gasteiger charge is -2.08. The van der Waals surface area contributed by atoms with Crippen LogP contribution in [0.15, 0.2) is 12.1 Å². The fraction of sp³-hybridized carbons (Fsp3) is 0.583. The zero-order chi connectivity index (χ0) is 11.3. The van der Waals surface area contributed by atoms with E-state index < -0.39 is 5.97 Å². The monoisotopic (exact) mass is 209 g/mol. The zero-order valence-corrected chi connectivity index (χ0v) is 9.49. The Bertz CT molecular complexity index is 309. The van der Waals surface area contributed by atoms with Crippen LogP contribution in [0.3, 0.4) is 0 Å². The van der Waals surface area contributed by atoms with Gasteiger partial charge in [-0.2, -0.15) is 0 Å². The van der Waals surface area contributed by atoms with Crippen molar-refractivity contribution in [2.75, 3.05) is 0 Å². The van der Waals surface area contributed by atoms with Crippen LogP contribution in [0.4, 0.5) is 0 Å². The summed E-state index contributed by atoms with van der Waals surface area (Å²) in [4.78, 5) is 10.3. The van der Waals surface area contributed by atoms with Crippen LogP contribution in [0.1, 0.15) is 37.1 Å². The first-order valence-corrected chi connectivity index (χ1v) is 5.46. The molecule has 0 fully saturated rings. The van der Waals surface area contributed by atoms with E-state index in [9.17, 15) is 4.79 Å². The summed E-state index contributed by atoms with van der Waals surface area (Å²) in [5, 5.41) is 8.48. The van der Waals surface area contributed by atoms with Crippen LogP contribution in [0.5, 0.6) is 0 Å². The van der Waals surface area contributed by atoms with Crippen molar-refractivity contribution in [1.29, 1.82) is 0 Å². The Kier molecular flexibility index (Phi) is 4.40. The molecular weight excluding hydrogens is 190 g/mol. The Morgan fingerprint density at radius 3 is 2.33 bits per heavy atom. The molecule has 0 saturated carbocycles. The molecule has 3 heteroatoms. The summed E-state index contributed by atoms with van der Waals surface area (Å²) in [5.74, 6) is -0.691. The number of unbranched alkanes of at least 4 members (excludes halogenated alkanes) is 2. The molecule has 0 saturated heterocycles. The molecule has 0 unspecified atom stereocenters. The van der Waals surface area contributed by atoms with E-state index in [0.717, 1.165) is 25.8 Å². The minimum Gasteiger partial charge on any atom is -0.481 e. The molecule has 1 aromatic rings. The van der Waals surface area contributed by atoms with Gasteiger partial charge in [0.1, 0.15) is 0 Å². The highest BCUT2D eigenvalue weighted by molar-refractivity contribution is 5.66. The fourth-order valence-electron chi connectivity index (χ4n) is 1.77. The molecule has 0 aliphatic heterocycles. The first kappa shape index (κ1) is 11.8. The van der Waals surface area contributed by atoms with Crippen LogP contribution in [0, 0.1) is 13.8 Å². The largest absolute Gasteiger partial charge is 0.481 e. The molecule has 0 atom stereocenters. The van der Waals surface area contributed by atoms with Gasteiger partial charge in [-0.25, -0.2) is 0 Å². The molecule has 0 amide bonds. The maximum Gasteiger partial charge on any atom is 0.303 e. The third-order valence-corrected chi connectivity index (χ3v) is 2.69. The van der Waals surface area contributed by atoms with Crippen molar-refractivity contribution in [1.82, 2.24) is 4.57 Å². The van der Waals surface area contributed by atoms with Crippen LogP contribution >= 0.6 is 0 Å². The Morgan fingerprint density at radius 1 is 1.20 bits per heavy atom. The van der Waals surface area contributed by atoms with Gasteiger partial charge in [0.2, 0.25) is 0 Å². The standard InChI is InChI=1S/C12H19NO2/c1-10-7-8-11(2)13(10)9-5-3-4-6-12(14)15/h7-8H,3-6,9H2,1-2H3,(H,14,15). The predicted octanol–water partition coefficient (Wildman–Crippen LogP) is 2.75. The SMILES string of the molecule is Cc1ccc(C)n1CCCCCC(=O)O. The van der Waals surface area contributed by atoms with Gasteiger partial charge in [-0.05, 0) is 38.8 Å². The number of carboxylic acid groups (broad SMARTS) is 1. The molecule has 1 rings (SSSR count). The summed E-state index contributed by atoms with van der Waals surface area (Å²) in [6.45, 7) is 5.21. The molecule has 0 radical (unpaired) electrons. The summed E-state index contributed by atoms with van der Waals surface area (Å²) in [6.07, 6.45) is 3.13. The van der Waals surface area contributed by atoms with Crippen LogP contribution in [0.2, 0.25) is 0 Å². The maximum atomic E-state index is 10.3. The average molecular weight is 209 g/mol. The van der Waals surface area contributed by atoms with Gasteiger partial charge in [0.25, 0.3) is 0 Å². The molecule has 0 aromatic carbocycles. The molecule has 0 aliphatic rings. The highest BCUT2D eigenvalue weighted by Crippen LogP contribution is 2.10. The number of rotatable bonds is 6. The molecule has 3 nitrogen and oxygen atoms in total. The van der Waals surface area contributed by atoms with E-state index in [1.54, 1.807) is 0 Å². The minimum absolute atomic E-state index is 0.295. The van der Waals surface area contributed by atoms with Crippen molar-refractivity contribution in [3.05, 3.63) is 23.5 Å². The third-order valence-electron chi connectivity index (χ3n) is 2.69. The van der Waals surface area contributed by atoms with Gasteiger partial charge in [0, 0.05) is 24.4 Å². The number of aromatic nitrogens is 1. The summed E-state index contributed by atoms with van der Waals surface area (Å²) < 4.78 is 2.28. The van der Waals surface area contributed by atoms with Crippen LogP contribution in [-0.2, 0) is 11.3 Å². The van der Waals surface area contributed by atoms with Crippen molar-refractivity contribution < 1.29 is 9.90 Å². The van der Waals surface area contributed by atoms with E-state index in [2.05, 4.69) is 30.5 Å². The van der Waals surface area contributed by atoms with Crippen LogP contribution in [-0.4, -0.2) is 15.6 Å². The van der Waals surface area contributed by atoms with Crippen molar-refractivity contribution in [2.45, 2.75) is 46.1 Å². The summed E-state index contributed by atoms with van der Waals surface area (Å²) in [6, 6.07) is 4.24. The zero-order valence-electron chi connectivity index (χ0n) is 9.49. The average Bonchev–Trinajstić information content (AvgIpc) is 2.47. The number of hydrogen-bond acceptors (Lipinski definition) is 1. The van der Waals surface area contributed by atoms with Crippen LogP contribution in [0.25, 0.3) is 0 Å². The molecule has 0 aliphatic carbocycles. The predicted molar refractivity (Wildman–Crippen MR) is 60.0 cm³/mol. The number of aliphatic carboxylic acids is 1. The summed E-state index contributed by atoms with van der Waals surface area (Å²) in [7, 11) is 0. The molecule has 15 heavy (non-hydrogen) atoms. The van der Waals surface area contributed by atoms with Gasteiger partial charge in [-0.15, -0.1) is 0 Å². The molecule has 84 valence electrons. The Labute approximate surface area is 90.7 Å². The number of aryl methyl sites for hydroxylation is 2. The first-order valence-electron chi connectivity index (χ1n) is 5.46. The highest BCUT2D eigenvalue weighted by atomic mass is 16.4. The van der Waals surface area contributed by atoms with Gasteiger partial charge in [0.15, 0.2) is 0 Å². The Balaban J connectivity index is 2.23. The van der Waals surface area contributed by atoms with E-state index in [1.807, 2.05) is 0 Å². The molecular formula is C12H19NO2. The lowest BCUT2D eigenvalue weighted by atomic mass is 10.2. The quantitative estimate of drug-likeness (QED) is 0.732. The third kappa shape index (κ3) is 3.78. The van der Waals surface area contributed by atoms with Crippen molar-refractivity contribution >= 4 is 5.97 Å².